The predicted molar refractivity (Wildman–Crippen MR) is 123 cm³/mol. The zero-order valence-corrected chi connectivity index (χ0v) is 18.0. The SMILES string of the molecule is O=c1c(Br)c(Cc2ccccc2)n(Cc2ccccc2)c(=O)n1Cc1ccccc1. The molecule has 0 bridgehead atoms. The number of hydrogen-bond acceptors (Lipinski definition) is 2. The lowest BCUT2D eigenvalue weighted by Crippen LogP contribution is -2.42. The van der Waals surface area contributed by atoms with E-state index in [4.69, 9.17) is 0 Å². The molecule has 0 unspecified atom stereocenters. The van der Waals surface area contributed by atoms with Gasteiger partial charge in [0.1, 0.15) is 4.47 Å². The van der Waals surface area contributed by atoms with Gasteiger partial charge in [0.25, 0.3) is 5.56 Å². The maximum absolute atomic E-state index is 13.5. The smallest absolute Gasteiger partial charge is 0.292 e. The molecular weight excluding hydrogens is 440 g/mol. The minimum Gasteiger partial charge on any atom is -0.292 e. The van der Waals surface area contributed by atoms with Crippen molar-refractivity contribution in [2.75, 3.05) is 0 Å². The van der Waals surface area contributed by atoms with Crippen molar-refractivity contribution in [3.63, 3.8) is 0 Å². The molecule has 4 aromatic rings. The minimum atomic E-state index is -0.306. The Morgan fingerprint density at radius 1 is 0.600 bits per heavy atom. The topological polar surface area (TPSA) is 44.0 Å². The highest BCUT2D eigenvalue weighted by molar-refractivity contribution is 9.10. The summed E-state index contributed by atoms with van der Waals surface area (Å²) in [5, 5.41) is 0. The maximum atomic E-state index is 13.5. The van der Waals surface area contributed by atoms with Gasteiger partial charge in [-0.2, -0.15) is 0 Å². The van der Waals surface area contributed by atoms with E-state index < -0.39 is 0 Å². The molecule has 0 spiro atoms. The highest BCUT2D eigenvalue weighted by atomic mass is 79.9. The molecule has 0 aliphatic carbocycles. The lowest BCUT2D eigenvalue weighted by atomic mass is 10.1. The molecule has 0 aliphatic rings. The summed E-state index contributed by atoms with van der Waals surface area (Å²) in [6.45, 7) is 0.632. The van der Waals surface area contributed by atoms with Crippen LogP contribution in [-0.4, -0.2) is 9.13 Å². The molecule has 30 heavy (non-hydrogen) atoms. The molecule has 0 aliphatic heterocycles. The first-order valence-corrected chi connectivity index (χ1v) is 10.6. The molecule has 0 amide bonds. The van der Waals surface area contributed by atoms with Crippen molar-refractivity contribution in [1.82, 2.24) is 9.13 Å². The van der Waals surface area contributed by atoms with Gasteiger partial charge in [-0.05, 0) is 32.6 Å². The van der Waals surface area contributed by atoms with Crippen molar-refractivity contribution >= 4 is 15.9 Å². The van der Waals surface area contributed by atoms with Crippen LogP contribution in [0, 0.1) is 0 Å². The zero-order chi connectivity index (χ0) is 20.9. The molecule has 0 fully saturated rings. The second-order valence-electron chi connectivity index (χ2n) is 7.15. The third kappa shape index (κ3) is 4.36. The Bertz CT molecular complexity index is 1250. The van der Waals surface area contributed by atoms with Gasteiger partial charge in [0.2, 0.25) is 0 Å². The van der Waals surface area contributed by atoms with Crippen molar-refractivity contribution in [2.24, 2.45) is 0 Å². The van der Waals surface area contributed by atoms with E-state index in [0.29, 0.717) is 23.1 Å². The van der Waals surface area contributed by atoms with Crippen molar-refractivity contribution in [1.29, 1.82) is 0 Å². The quantitative estimate of drug-likeness (QED) is 0.426. The lowest BCUT2D eigenvalue weighted by molar-refractivity contribution is 0.585. The van der Waals surface area contributed by atoms with Gasteiger partial charge >= 0.3 is 5.69 Å². The number of rotatable bonds is 6. The molecule has 0 radical (unpaired) electrons. The third-order valence-electron chi connectivity index (χ3n) is 5.06. The number of hydrogen-bond donors (Lipinski definition) is 0. The monoisotopic (exact) mass is 460 g/mol. The van der Waals surface area contributed by atoms with E-state index >= 15 is 0 Å². The molecular formula is C25H21BrN2O2. The molecule has 3 aromatic carbocycles. The van der Waals surface area contributed by atoms with Gasteiger partial charge in [0.05, 0.1) is 13.1 Å². The molecule has 1 aromatic heterocycles. The zero-order valence-electron chi connectivity index (χ0n) is 16.4. The van der Waals surface area contributed by atoms with Gasteiger partial charge in [-0.3, -0.25) is 13.9 Å². The fourth-order valence-corrected chi connectivity index (χ4v) is 4.07. The summed E-state index contributed by atoms with van der Waals surface area (Å²) in [7, 11) is 0. The Labute approximate surface area is 183 Å². The van der Waals surface area contributed by atoms with Crippen LogP contribution in [0.25, 0.3) is 0 Å². The molecule has 4 nitrogen and oxygen atoms in total. The van der Waals surface area contributed by atoms with Crippen molar-refractivity contribution in [2.45, 2.75) is 19.5 Å². The summed E-state index contributed by atoms with van der Waals surface area (Å²) < 4.78 is 3.44. The van der Waals surface area contributed by atoms with Crippen LogP contribution in [-0.2, 0) is 19.5 Å². The molecule has 0 saturated carbocycles. The van der Waals surface area contributed by atoms with Gasteiger partial charge in [-0.1, -0.05) is 91.0 Å². The molecule has 150 valence electrons. The number of nitrogens with zero attached hydrogens (tertiary/aromatic N) is 2. The van der Waals surface area contributed by atoms with E-state index in [-0.39, 0.29) is 17.8 Å². The van der Waals surface area contributed by atoms with Crippen LogP contribution in [0.1, 0.15) is 22.4 Å². The first kappa shape index (κ1) is 20.1. The average molecular weight is 461 g/mol. The Hall–Kier alpha value is -3.18. The molecule has 4 rings (SSSR count). The van der Waals surface area contributed by atoms with E-state index in [2.05, 4.69) is 15.9 Å². The normalized spacial score (nSPS) is 10.8. The van der Waals surface area contributed by atoms with Crippen molar-refractivity contribution in [3.8, 4) is 0 Å². The highest BCUT2D eigenvalue weighted by Crippen LogP contribution is 2.17. The van der Waals surface area contributed by atoms with Crippen molar-refractivity contribution < 1.29 is 0 Å². The number of aromatic nitrogens is 2. The van der Waals surface area contributed by atoms with Crippen LogP contribution in [0.2, 0.25) is 0 Å². The standard InChI is InChI=1S/C25H21BrN2O2/c26-23-22(16-19-10-4-1-5-11-19)27(17-20-12-6-2-7-13-20)25(30)28(24(23)29)18-21-14-8-3-9-15-21/h1-15H,16-18H2. The Morgan fingerprint density at radius 3 is 1.53 bits per heavy atom. The fourth-order valence-electron chi connectivity index (χ4n) is 3.51. The maximum Gasteiger partial charge on any atom is 0.331 e. The minimum absolute atomic E-state index is 0.234. The Morgan fingerprint density at radius 2 is 1.03 bits per heavy atom. The summed E-state index contributed by atoms with van der Waals surface area (Å²) in [6, 6.07) is 29.2. The van der Waals surface area contributed by atoms with Crippen LogP contribution in [0.15, 0.2) is 105 Å². The summed E-state index contributed by atoms with van der Waals surface area (Å²) >= 11 is 3.51. The lowest BCUT2D eigenvalue weighted by Gasteiger charge is -2.18. The number of benzene rings is 3. The van der Waals surface area contributed by atoms with E-state index in [9.17, 15) is 9.59 Å². The van der Waals surface area contributed by atoms with Crippen LogP contribution < -0.4 is 11.2 Å². The van der Waals surface area contributed by atoms with Gasteiger partial charge in [0, 0.05) is 12.1 Å². The fraction of sp³-hybridized carbons (Fsp3) is 0.120. The molecule has 0 N–H and O–H groups in total. The predicted octanol–water partition coefficient (Wildman–Crippen LogP) is 4.46. The van der Waals surface area contributed by atoms with Crippen molar-refractivity contribution in [3.05, 3.63) is 139 Å². The van der Waals surface area contributed by atoms with Crippen LogP contribution >= 0.6 is 15.9 Å². The van der Waals surface area contributed by atoms with E-state index in [0.717, 1.165) is 16.7 Å². The van der Waals surface area contributed by atoms with Crippen LogP contribution in [0.5, 0.6) is 0 Å². The summed E-state index contributed by atoms with van der Waals surface area (Å²) in [5.41, 5.74) is 3.03. The molecule has 1 heterocycles. The van der Waals surface area contributed by atoms with E-state index in [1.807, 2.05) is 91.0 Å². The van der Waals surface area contributed by atoms with E-state index in [1.54, 1.807) is 4.57 Å². The second kappa shape index (κ2) is 9.09. The summed E-state index contributed by atoms with van der Waals surface area (Å²) in [6.07, 6.45) is 0.491. The molecule has 5 heteroatoms. The second-order valence-corrected chi connectivity index (χ2v) is 7.95. The van der Waals surface area contributed by atoms with Crippen LogP contribution in [0.3, 0.4) is 0 Å². The highest BCUT2D eigenvalue weighted by Gasteiger charge is 2.18. The largest absolute Gasteiger partial charge is 0.331 e. The Balaban J connectivity index is 1.86. The Kier molecular flexibility index (Phi) is 6.10. The average Bonchev–Trinajstić information content (AvgIpc) is 2.79. The first-order chi connectivity index (χ1) is 14.6. The van der Waals surface area contributed by atoms with E-state index in [1.165, 1.54) is 4.57 Å². The molecule has 0 atom stereocenters. The number of halogens is 1. The van der Waals surface area contributed by atoms with Gasteiger partial charge in [-0.25, -0.2) is 4.79 Å². The summed E-state index contributed by atoms with van der Waals surface area (Å²) in [5.74, 6) is 0. The first-order valence-electron chi connectivity index (χ1n) is 9.77. The third-order valence-corrected chi connectivity index (χ3v) is 5.85. The molecule has 0 saturated heterocycles. The van der Waals surface area contributed by atoms with Gasteiger partial charge in [-0.15, -0.1) is 0 Å². The van der Waals surface area contributed by atoms with Gasteiger partial charge in [0.15, 0.2) is 0 Å². The summed E-state index contributed by atoms with van der Waals surface area (Å²) in [4.78, 5) is 26.6. The van der Waals surface area contributed by atoms with Gasteiger partial charge < -0.3 is 0 Å². The van der Waals surface area contributed by atoms with Crippen LogP contribution in [0.4, 0.5) is 0 Å².